The van der Waals surface area contributed by atoms with Crippen molar-refractivity contribution in [1.29, 1.82) is 0 Å². The highest BCUT2D eigenvalue weighted by atomic mass is 16.5. The SMILES string of the molecule is COCCNCC(CCOCCOC)c1ccc(C)cc1. The maximum Gasteiger partial charge on any atom is 0.0700 e. The minimum atomic E-state index is 0.463. The van der Waals surface area contributed by atoms with E-state index in [1.807, 2.05) is 0 Å². The molecule has 1 aromatic carbocycles. The molecular weight excluding hydrogens is 266 g/mol. The number of nitrogens with one attached hydrogen (secondary N) is 1. The molecule has 0 saturated heterocycles. The fraction of sp³-hybridized carbons (Fsp3) is 0.647. The lowest BCUT2D eigenvalue weighted by molar-refractivity contribution is 0.0669. The Balaban J connectivity index is 2.43. The number of benzene rings is 1. The molecule has 0 bridgehead atoms. The molecule has 0 saturated carbocycles. The van der Waals surface area contributed by atoms with Gasteiger partial charge in [-0.15, -0.1) is 0 Å². The fourth-order valence-corrected chi connectivity index (χ4v) is 2.15. The molecule has 1 rings (SSSR count). The first-order valence-corrected chi connectivity index (χ1v) is 7.60. The molecule has 4 nitrogen and oxygen atoms in total. The summed E-state index contributed by atoms with van der Waals surface area (Å²) in [5.41, 5.74) is 2.65. The van der Waals surface area contributed by atoms with E-state index in [9.17, 15) is 0 Å². The van der Waals surface area contributed by atoms with Crippen LogP contribution in [-0.4, -0.2) is 53.7 Å². The maximum absolute atomic E-state index is 5.60. The molecule has 0 aromatic heterocycles. The zero-order chi connectivity index (χ0) is 15.3. The number of hydrogen-bond acceptors (Lipinski definition) is 4. The van der Waals surface area contributed by atoms with Crippen molar-refractivity contribution in [2.24, 2.45) is 0 Å². The second kappa shape index (κ2) is 11.7. The van der Waals surface area contributed by atoms with Crippen LogP contribution in [0.25, 0.3) is 0 Å². The first-order valence-electron chi connectivity index (χ1n) is 7.60. The molecule has 0 aliphatic carbocycles. The van der Waals surface area contributed by atoms with Gasteiger partial charge in [-0.25, -0.2) is 0 Å². The highest BCUT2D eigenvalue weighted by Crippen LogP contribution is 2.19. The summed E-state index contributed by atoms with van der Waals surface area (Å²) in [5, 5.41) is 3.45. The topological polar surface area (TPSA) is 39.7 Å². The summed E-state index contributed by atoms with van der Waals surface area (Å²) in [6, 6.07) is 8.77. The van der Waals surface area contributed by atoms with Gasteiger partial charge in [-0.1, -0.05) is 29.8 Å². The largest absolute Gasteiger partial charge is 0.383 e. The molecule has 1 atom stereocenters. The molecule has 0 aliphatic rings. The molecule has 0 spiro atoms. The third-order valence-electron chi connectivity index (χ3n) is 3.46. The van der Waals surface area contributed by atoms with Crippen molar-refractivity contribution in [3.8, 4) is 0 Å². The molecule has 1 aromatic rings. The minimum absolute atomic E-state index is 0.463. The van der Waals surface area contributed by atoms with Gasteiger partial charge in [-0.05, 0) is 24.8 Å². The van der Waals surface area contributed by atoms with Gasteiger partial charge in [0.05, 0.1) is 19.8 Å². The second-order valence-corrected chi connectivity index (χ2v) is 5.20. The highest BCUT2D eigenvalue weighted by Gasteiger charge is 2.11. The molecule has 4 heteroatoms. The predicted molar refractivity (Wildman–Crippen MR) is 86.0 cm³/mol. The third kappa shape index (κ3) is 8.17. The monoisotopic (exact) mass is 295 g/mol. The van der Waals surface area contributed by atoms with Crippen LogP contribution < -0.4 is 5.32 Å². The number of aryl methyl sites for hydroxylation is 1. The first kappa shape index (κ1) is 18.1. The molecule has 0 heterocycles. The van der Waals surface area contributed by atoms with Gasteiger partial charge in [0.25, 0.3) is 0 Å². The van der Waals surface area contributed by atoms with E-state index in [1.165, 1.54) is 11.1 Å². The fourth-order valence-electron chi connectivity index (χ4n) is 2.15. The molecule has 0 fully saturated rings. The van der Waals surface area contributed by atoms with Gasteiger partial charge in [0.1, 0.15) is 0 Å². The van der Waals surface area contributed by atoms with Crippen molar-refractivity contribution >= 4 is 0 Å². The second-order valence-electron chi connectivity index (χ2n) is 5.20. The Bertz CT molecular complexity index is 354. The van der Waals surface area contributed by atoms with E-state index in [2.05, 4.69) is 36.5 Å². The van der Waals surface area contributed by atoms with Gasteiger partial charge in [0, 0.05) is 33.9 Å². The van der Waals surface area contributed by atoms with E-state index < -0.39 is 0 Å². The standard InChI is InChI=1S/C17H29NO3/c1-15-4-6-16(7-5-15)17(14-18-9-11-19-2)8-10-21-13-12-20-3/h4-7,17-18H,8-14H2,1-3H3. The quantitative estimate of drug-likeness (QED) is 0.601. The maximum atomic E-state index is 5.60. The Morgan fingerprint density at radius 2 is 1.67 bits per heavy atom. The van der Waals surface area contributed by atoms with Crippen LogP contribution in [0.2, 0.25) is 0 Å². The summed E-state index contributed by atoms with van der Waals surface area (Å²) >= 11 is 0. The highest BCUT2D eigenvalue weighted by molar-refractivity contribution is 5.24. The summed E-state index contributed by atoms with van der Waals surface area (Å²) in [7, 11) is 3.42. The predicted octanol–water partition coefficient (Wildman–Crippen LogP) is 2.37. The van der Waals surface area contributed by atoms with Crippen molar-refractivity contribution in [1.82, 2.24) is 5.32 Å². The van der Waals surface area contributed by atoms with Crippen molar-refractivity contribution in [3.05, 3.63) is 35.4 Å². The molecule has 21 heavy (non-hydrogen) atoms. The Labute approximate surface area is 128 Å². The molecule has 0 radical (unpaired) electrons. The van der Waals surface area contributed by atoms with E-state index in [0.29, 0.717) is 19.1 Å². The lowest BCUT2D eigenvalue weighted by atomic mass is 9.95. The zero-order valence-corrected chi connectivity index (χ0v) is 13.6. The van der Waals surface area contributed by atoms with Gasteiger partial charge in [-0.2, -0.15) is 0 Å². The van der Waals surface area contributed by atoms with Crippen LogP contribution in [0.5, 0.6) is 0 Å². The lowest BCUT2D eigenvalue weighted by Gasteiger charge is -2.18. The third-order valence-corrected chi connectivity index (χ3v) is 3.46. The summed E-state index contributed by atoms with van der Waals surface area (Å²) < 4.78 is 15.7. The minimum Gasteiger partial charge on any atom is -0.383 e. The van der Waals surface area contributed by atoms with Crippen LogP contribution in [0.4, 0.5) is 0 Å². The van der Waals surface area contributed by atoms with E-state index >= 15 is 0 Å². The molecule has 1 unspecified atom stereocenters. The van der Waals surface area contributed by atoms with Crippen molar-refractivity contribution in [3.63, 3.8) is 0 Å². The Morgan fingerprint density at radius 1 is 0.952 bits per heavy atom. The first-order chi connectivity index (χ1) is 10.3. The van der Waals surface area contributed by atoms with E-state index in [-0.39, 0.29) is 0 Å². The van der Waals surface area contributed by atoms with Gasteiger partial charge in [0.15, 0.2) is 0 Å². The number of rotatable bonds is 12. The zero-order valence-electron chi connectivity index (χ0n) is 13.6. The normalized spacial score (nSPS) is 12.5. The van der Waals surface area contributed by atoms with Crippen LogP contribution in [0.15, 0.2) is 24.3 Å². The van der Waals surface area contributed by atoms with Crippen LogP contribution in [0.1, 0.15) is 23.5 Å². The lowest BCUT2D eigenvalue weighted by Crippen LogP contribution is -2.26. The van der Waals surface area contributed by atoms with E-state index in [1.54, 1.807) is 14.2 Å². The van der Waals surface area contributed by atoms with Gasteiger partial charge >= 0.3 is 0 Å². The van der Waals surface area contributed by atoms with Crippen molar-refractivity contribution in [2.75, 3.05) is 53.7 Å². The van der Waals surface area contributed by atoms with Crippen molar-refractivity contribution in [2.45, 2.75) is 19.3 Å². The van der Waals surface area contributed by atoms with Gasteiger partial charge in [-0.3, -0.25) is 0 Å². The molecule has 1 N–H and O–H groups in total. The Hall–Kier alpha value is -0.940. The summed E-state index contributed by atoms with van der Waals surface area (Å²) in [6.45, 7) is 6.75. The number of ether oxygens (including phenoxy) is 3. The van der Waals surface area contributed by atoms with Crippen LogP contribution in [0.3, 0.4) is 0 Å². The molecule has 120 valence electrons. The van der Waals surface area contributed by atoms with Crippen LogP contribution in [0, 0.1) is 6.92 Å². The number of hydrogen-bond donors (Lipinski definition) is 1. The summed E-state index contributed by atoms with van der Waals surface area (Å²) in [6.07, 6.45) is 1.01. The Morgan fingerprint density at radius 3 is 2.33 bits per heavy atom. The smallest absolute Gasteiger partial charge is 0.0700 e. The summed E-state index contributed by atoms with van der Waals surface area (Å²) in [5.74, 6) is 0.463. The van der Waals surface area contributed by atoms with Gasteiger partial charge < -0.3 is 19.5 Å². The van der Waals surface area contributed by atoms with Crippen molar-refractivity contribution < 1.29 is 14.2 Å². The molecular formula is C17H29NO3. The average Bonchev–Trinajstić information content (AvgIpc) is 2.50. The van der Waals surface area contributed by atoms with E-state index in [4.69, 9.17) is 14.2 Å². The van der Waals surface area contributed by atoms with Gasteiger partial charge in [0.2, 0.25) is 0 Å². The average molecular weight is 295 g/mol. The Kier molecular flexibility index (Phi) is 10.1. The van der Waals surface area contributed by atoms with Crippen LogP contribution >= 0.6 is 0 Å². The number of methoxy groups -OCH3 is 2. The summed E-state index contributed by atoms with van der Waals surface area (Å²) in [4.78, 5) is 0. The molecule has 0 aliphatic heterocycles. The van der Waals surface area contributed by atoms with E-state index in [0.717, 1.165) is 32.7 Å². The van der Waals surface area contributed by atoms with Crippen LogP contribution in [-0.2, 0) is 14.2 Å². The molecule has 0 amide bonds.